The summed E-state index contributed by atoms with van der Waals surface area (Å²) >= 11 is 0. The molecule has 14 nitrogen and oxygen atoms in total. The van der Waals surface area contributed by atoms with Crippen LogP contribution in [0.3, 0.4) is 0 Å². The van der Waals surface area contributed by atoms with Gasteiger partial charge < -0.3 is 20.0 Å². The minimum Gasteiger partial charge on any atom is -0.363 e. The van der Waals surface area contributed by atoms with Gasteiger partial charge in [0.25, 0.3) is 0 Å². The van der Waals surface area contributed by atoms with E-state index in [1.807, 2.05) is 36.8 Å². The van der Waals surface area contributed by atoms with Crippen LogP contribution in [0.15, 0.2) is 43.1 Å². The fourth-order valence-electron chi connectivity index (χ4n) is 6.47. The zero-order valence-corrected chi connectivity index (χ0v) is 26.9. The topological polar surface area (TPSA) is 152 Å². The molecular weight excluding hydrogens is 627 g/mol. The highest BCUT2D eigenvalue weighted by molar-refractivity contribution is 5.76. The van der Waals surface area contributed by atoms with Crippen molar-refractivity contribution >= 4 is 28.9 Å². The number of aromatic nitrogens is 7. The number of fused-ring (bicyclic) bond motifs is 1. The Hall–Kier alpha value is -5.16. The van der Waals surface area contributed by atoms with Crippen LogP contribution in [0.5, 0.6) is 0 Å². The molecule has 6 heterocycles. The first-order chi connectivity index (χ1) is 22.8. The summed E-state index contributed by atoms with van der Waals surface area (Å²) in [4.78, 5) is 23.7. The van der Waals surface area contributed by atoms with E-state index in [2.05, 4.69) is 42.6 Å². The van der Waals surface area contributed by atoms with E-state index in [0.29, 0.717) is 48.6 Å². The molecule has 0 unspecified atom stereocenters. The fraction of sp³-hybridized carbons (Fsp3) is 0.516. The number of carbonyl (C=O) groups is 1. The summed E-state index contributed by atoms with van der Waals surface area (Å²) in [5, 5.41) is 34.7. The van der Waals surface area contributed by atoms with Crippen LogP contribution in [0.2, 0.25) is 0 Å². The summed E-state index contributed by atoms with van der Waals surface area (Å²) in [6.07, 6.45) is 3.91. The fourth-order valence-corrected chi connectivity index (χ4v) is 6.47. The number of alkyl halides is 3. The van der Waals surface area contributed by atoms with Crippen molar-refractivity contribution in [1.82, 2.24) is 44.0 Å². The van der Waals surface area contributed by atoms with Crippen LogP contribution in [0.1, 0.15) is 38.7 Å². The number of likely N-dealkylation sites (tertiary alicyclic amines) is 1. The molecule has 2 aliphatic heterocycles. The van der Waals surface area contributed by atoms with Crippen molar-refractivity contribution in [3.05, 3.63) is 48.7 Å². The van der Waals surface area contributed by atoms with Gasteiger partial charge in [0, 0.05) is 57.4 Å². The van der Waals surface area contributed by atoms with Crippen LogP contribution in [-0.4, -0.2) is 95.7 Å². The highest BCUT2D eigenvalue weighted by Crippen LogP contribution is 2.39. The summed E-state index contributed by atoms with van der Waals surface area (Å²) in [5.41, 5.74) is -0.361. The first-order valence-corrected chi connectivity index (χ1v) is 15.6. The number of piperidine rings is 1. The first kappa shape index (κ1) is 32.8. The monoisotopic (exact) mass is 663 g/mol. The van der Waals surface area contributed by atoms with E-state index >= 15 is 0 Å². The number of nitriles is 2. The molecule has 0 radical (unpaired) electrons. The molecule has 252 valence electrons. The maximum Gasteiger partial charge on any atom is 0.419 e. The van der Waals surface area contributed by atoms with Crippen molar-refractivity contribution in [2.45, 2.75) is 57.4 Å². The minimum atomic E-state index is -4.52. The van der Waals surface area contributed by atoms with Gasteiger partial charge in [-0.2, -0.15) is 38.9 Å². The van der Waals surface area contributed by atoms with E-state index in [1.165, 1.54) is 4.68 Å². The van der Waals surface area contributed by atoms with E-state index in [4.69, 9.17) is 0 Å². The third-order valence-corrected chi connectivity index (χ3v) is 9.03. The summed E-state index contributed by atoms with van der Waals surface area (Å²) in [5.74, 6) is 0.273. The maximum atomic E-state index is 13.2. The lowest BCUT2D eigenvalue weighted by molar-refractivity contribution is -0.137. The summed E-state index contributed by atoms with van der Waals surface area (Å²) < 4.78 is 44.0. The van der Waals surface area contributed by atoms with Gasteiger partial charge >= 0.3 is 6.18 Å². The van der Waals surface area contributed by atoms with Gasteiger partial charge in [0.2, 0.25) is 11.9 Å². The molecule has 2 aliphatic rings. The van der Waals surface area contributed by atoms with Crippen molar-refractivity contribution in [3.63, 3.8) is 0 Å². The molecule has 2 fully saturated rings. The van der Waals surface area contributed by atoms with Gasteiger partial charge in [0.1, 0.15) is 12.1 Å². The summed E-state index contributed by atoms with van der Waals surface area (Å²) in [6.45, 7) is 6.45. The quantitative estimate of drug-likeness (QED) is 0.267. The Balaban J connectivity index is 1.06. The highest BCUT2D eigenvalue weighted by Gasteiger charge is 2.47. The van der Waals surface area contributed by atoms with Crippen LogP contribution in [0.25, 0.3) is 5.65 Å². The van der Waals surface area contributed by atoms with Crippen molar-refractivity contribution in [2.75, 3.05) is 50.0 Å². The lowest BCUT2D eigenvalue weighted by Crippen LogP contribution is -2.63. The predicted molar refractivity (Wildman–Crippen MR) is 168 cm³/mol. The van der Waals surface area contributed by atoms with Crippen molar-refractivity contribution in [2.24, 2.45) is 5.41 Å². The Labute approximate surface area is 274 Å². The number of nitrogens with zero attached hydrogens (tertiary/aromatic N) is 12. The van der Waals surface area contributed by atoms with Crippen molar-refractivity contribution in [1.29, 1.82) is 10.5 Å². The zero-order valence-electron chi connectivity index (χ0n) is 26.9. The van der Waals surface area contributed by atoms with Crippen LogP contribution >= 0.6 is 0 Å². The number of amides is 1. The summed E-state index contributed by atoms with van der Waals surface area (Å²) in [6, 6.07) is 8.39. The zero-order chi connectivity index (χ0) is 34.3. The molecule has 0 saturated carbocycles. The molecule has 48 heavy (non-hydrogen) atoms. The Morgan fingerprint density at radius 3 is 2.56 bits per heavy atom. The van der Waals surface area contributed by atoms with Crippen LogP contribution in [0.4, 0.5) is 30.5 Å². The normalized spacial score (nSPS) is 16.9. The number of nitrogens with one attached hydrogen (secondary N) is 1. The number of pyridine rings is 1. The molecule has 0 aromatic carbocycles. The number of anilines is 3. The molecule has 1 amide bonds. The largest absolute Gasteiger partial charge is 0.419 e. The van der Waals surface area contributed by atoms with E-state index in [1.54, 1.807) is 33.9 Å². The van der Waals surface area contributed by atoms with Crippen LogP contribution in [0, 0.1) is 28.1 Å². The molecule has 0 atom stereocenters. The third kappa shape index (κ3) is 6.64. The summed E-state index contributed by atoms with van der Waals surface area (Å²) in [7, 11) is 2.03. The molecule has 4 aromatic rings. The molecule has 2 saturated heterocycles. The van der Waals surface area contributed by atoms with Gasteiger partial charge in [0.05, 0.1) is 53.3 Å². The highest BCUT2D eigenvalue weighted by atomic mass is 19.4. The predicted octanol–water partition coefficient (Wildman–Crippen LogP) is 3.49. The molecule has 17 heteroatoms. The van der Waals surface area contributed by atoms with Crippen LogP contribution in [-0.2, 0) is 23.1 Å². The van der Waals surface area contributed by atoms with E-state index < -0.39 is 22.7 Å². The maximum absolute atomic E-state index is 13.2. The molecule has 6 rings (SSSR count). The van der Waals surface area contributed by atoms with Gasteiger partial charge in [-0.25, -0.2) is 4.52 Å². The van der Waals surface area contributed by atoms with Crippen LogP contribution < -0.4 is 10.2 Å². The minimum absolute atomic E-state index is 0.00492. The average molecular weight is 664 g/mol. The van der Waals surface area contributed by atoms with E-state index in [9.17, 15) is 28.5 Å². The lowest BCUT2D eigenvalue weighted by atomic mass is 9.86. The lowest BCUT2D eigenvalue weighted by Gasteiger charge is -2.50. The Bertz CT molecular complexity index is 1860. The standard InChI is InChI=1S/C31H36F3N13O/c1-29(2,18-36)19-42(3)24-6-11-43(12-7-24)26(48)17-45-16-23(14-37-45)39-28-40-27-25(5-4-10-46(27)41-28)44-20-30(21-44,8-9-35)47-15-22(13-38-47)31(32,33)34/h4-5,10,13-16,24H,6-8,11-12,17,19-21H2,1-3H3,(H,39,41). The SMILES string of the molecule is CN(CC(C)(C)C#N)C1CCN(C(=O)Cn2cc(Nc3nc4c(N5CC(CC#N)(n6cc(C(F)(F)F)cn6)C5)cccn4n3)cn2)CC1. The first-order valence-electron chi connectivity index (χ1n) is 15.6. The second kappa shape index (κ2) is 12.5. The molecule has 0 aliphatic carbocycles. The second-order valence-corrected chi connectivity index (χ2v) is 13.3. The van der Waals surface area contributed by atoms with Crippen molar-refractivity contribution in [3.8, 4) is 12.1 Å². The molecule has 0 bridgehead atoms. The number of hydrogen-bond acceptors (Lipinski definition) is 10. The van der Waals surface area contributed by atoms with Gasteiger partial charge in [-0.05, 0) is 45.9 Å². The van der Waals surface area contributed by atoms with E-state index in [0.717, 1.165) is 25.2 Å². The number of carbonyl (C=O) groups excluding carboxylic acids is 1. The molecule has 1 N–H and O–H groups in total. The van der Waals surface area contributed by atoms with Gasteiger partial charge in [-0.1, -0.05) is 0 Å². The van der Waals surface area contributed by atoms with Gasteiger partial charge in [0.15, 0.2) is 5.65 Å². The second-order valence-electron chi connectivity index (χ2n) is 13.3. The van der Waals surface area contributed by atoms with Crippen molar-refractivity contribution < 1.29 is 18.0 Å². The number of hydrogen-bond donors (Lipinski definition) is 1. The molecule has 0 spiro atoms. The third-order valence-electron chi connectivity index (χ3n) is 9.03. The molecule has 4 aromatic heterocycles. The Morgan fingerprint density at radius 2 is 1.90 bits per heavy atom. The molecular formula is C31H36F3N13O. The van der Waals surface area contributed by atoms with E-state index in [-0.39, 0.29) is 32.0 Å². The Kier molecular flexibility index (Phi) is 8.51. The smallest absolute Gasteiger partial charge is 0.363 e. The van der Waals surface area contributed by atoms with Gasteiger partial charge in [-0.3, -0.25) is 14.2 Å². The number of halogens is 3. The average Bonchev–Trinajstić information content (AvgIpc) is 3.79. The Morgan fingerprint density at radius 1 is 1.15 bits per heavy atom. The number of rotatable bonds is 10. The van der Waals surface area contributed by atoms with Gasteiger partial charge in [-0.15, -0.1) is 5.10 Å².